The molecule has 1 aromatic rings. The predicted octanol–water partition coefficient (Wildman–Crippen LogP) is 1.73. The molecular formula is C13H14BrNO4. The molecule has 0 aromatic heterocycles. The van der Waals surface area contributed by atoms with Gasteiger partial charge in [-0.05, 0) is 47.0 Å². The number of carbonyl (C=O) groups excluding carboxylic acids is 1. The van der Waals surface area contributed by atoms with E-state index < -0.39 is 18.1 Å². The molecule has 102 valence electrons. The van der Waals surface area contributed by atoms with Crippen LogP contribution in [0.25, 0.3) is 0 Å². The van der Waals surface area contributed by atoms with Gasteiger partial charge in [0, 0.05) is 11.1 Å². The van der Waals surface area contributed by atoms with Crippen molar-refractivity contribution in [2.75, 3.05) is 6.61 Å². The fourth-order valence-corrected chi connectivity index (χ4v) is 2.70. The molecule has 1 amide bonds. The summed E-state index contributed by atoms with van der Waals surface area (Å²) in [5, 5.41) is 11.7. The molecule has 19 heavy (non-hydrogen) atoms. The molecule has 0 aliphatic carbocycles. The summed E-state index contributed by atoms with van der Waals surface area (Å²) in [6, 6.07) is 4.90. The minimum atomic E-state index is -1.05. The van der Waals surface area contributed by atoms with Gasteiger partial charge in [-0.1, -0.05) is 6.07 Å². The van der Waals surface area contributed by atoms with Gasteiger partial charge < -0.3 is 15.2 Å². The van der Waals surface area contributed by atoms with E-state index in [1.165, 1.54) is 0 Å². The zero-order valence-corrected chi connectivity index (χ0v) is 11.9. The normalized spacial score (nSPS) is 22.2. The van der Waals surface area contributed by atoms with Crippen LogP contribution in [0, 0.1) is 6.92 Å². The molecule has 0 bridgehead atoms. The number of amides is 1. The van der Waals surface area contributed by atoms with E-state index in [2.05, 4.69) is 21.2 Å². The van der Waals surface area contributed by atoms with E-state index in [9.17, 15) is 9.59 Å². The Morgan fingerprint density at radius 2 is 2.21 bits per heavy atom. The van der Waals surface area contributed by atoms with Crippen molar-refractivity contribution in [3.63, 3.8) is 0 Å². The minimum absolute atomic E-state index is 0.298. The van der Waals surface area contributed by atoms with E-state index in [1.807, 2.05) is 19.1 Å². The second-order valence-corrected chi connectivity index (χ2v) is 5.34. The molecule has 2 N–H and O–H groups in total. The largest absolute Gasteiger partial charge is 0.479 e. The van der Waals surface area contributed by atoms with Crippen molar-refractivity contribution >= 4 is 27.8 Å². The lowest BCUT2D eigenvalue weighted by Gasteiger charge is -2.16. The fraction of sp³-hybridized carbons (Fsp3) is 0.385. The highest BCUT2D eigenvalue weighted by atomic mass is 79.9. The van der Waals surface area contributed by atoms with Gasteiger partial charge in [0.05, 0.1) is 11.6 Å². The standard InChI is InChI=1S/C13H14BrNO4/c1-7-2-3-8(9(14)6-7)12(16)15-10-4-5-19-11(10)13(17)18/h2-3,6,10-11H,4-5H2,1H3,(H,15,16)(H,17,18)/t10-,11+/m1/s1. The highest BCUT2D eigenvalue weighted by Gasteiger charge is 2.35. The van der Waals surface area contributed by atoms with E-state index in [0.29, 0.717) is 23.1 Å². The topological polar surface area (TPSA) is 75.6 Å². The Morgan fingerprint density at radius 3 is 2.84 bits per heavy atom. The van der Waals surface area contributed by atoms with Gasteiger partial charge in [-0.15, -0.1) is 0 Å². The molecule has 0 unspecified atom stereocenters. The number of hydrogen-bond acceptors (Lipinski definition) is 3. The van der Waals surface area contributed by atoms with Crippen LogP contribution in [0.5, 0.6) is 0 Å². The number of nitrogens with one attached hydrogen (secondary N) is 1. The quantitative estimate of drug-likeness (QED) is 0.886. The van der Waals surface area contributed by atoms with E-state index in [-0.39, 0.29) is 5.91 Å². The van der Waals surface area contributed by atoms with E-state index >= 15 is 0 Å². The van der Waals surface area contributed by atoms with Crippen LogP contribution in [-0.4, -0.2) is 35.7 Å². The van der Waals surface area contributed by atoms with E-state index in [4.69, 9.17) is 9.84 Å². The van der Waals surface area contributed by atoms with Crippen LogP contribution in [0.2, 0.25) is 0 Å². The summed E-state index contributed by atoms with van der Waals surface area (Å²) in [6.07, 6.45) is -0.459. The smallest absolute Gasteiger partial charge is 0.334 e. The number of carboxylic acids is 1. The number of halogens is 1. The molecule has 2 rings (SSSR count). The molecule has 1 fully saturated rings. The Kier molecular flexibility index (Phi) is 4.21. The molecule has 0 radical (unpaired) electrons. The van der Waals surface area contributed by atoms with Crippen LogP contribution in [0.4, 0.5) is 0 Å². The van der Waals surface area contributed by atoms with Crippen molar-refractivity contribution < 1.29 is 19.4 Å². The number of rotatable bonds is 3. The third kappa shape index (κ3) is 3.13. The average molecular weight is 328 g/mol. The first kappa shape index (κ1) is 14.0. The summed E-state index contributed by atoms with van der Waals surface area (Å²) in [6.45, 7) is 2.27. The monoisotopic (exact) mass is 327 g/mol. The molecule has 6 heteroatoms. The first-order valence-electron chi connectivity index (χ1n) is 5.90. The summed E-state index contributed by atoms with van der Waals surface area (Å²) in [7, 11) is 0. The van der Waals surface area contributed by atoms with Crippen molar-refractivity contribution in [3.8, 4) is 0 Å². The Labute approximate surface area is 119 Å². The summed E-state index contributed by atoms with van der Waals surface area (Å²) in [5.74, 6) is -1.35. The van der Waals surface area contributed by atoms with Crippen LogP contribution in [0.1, 0.15) is 22.3 Å². The van der Waals surface area contributed by atoms with Gasteiger partial charge in [-0.3, -0.25) is 4.79 Å². The number of ether oxygens (including phenoxy) is 1. The van der Waals surface area contributed by atoms with Gasteiger partial charge in [-0.2, -0.15) is 0 Å². The van der Waals surface area contributed by atoms with Crippen LogP contribution < -0.4 is 5.32 Å². The summed E-state index contributed by atoms with van der Waals surface area (Å²) >= 11 is 3.33. The van der Waals surface area contributed by atoms with Crippen molar-refractivity contribution in [3.05, 3.63) is 33.8 Å². The maximum Gasteiger partial charge on any atom is 0.334 e. The van der Waals surface area contributed by atoms with Crippen molar-refractivity contribution in [1.29, 1.82) is 0 Å². The lowest BCUT2D eigenvalue weighted by molar-refractivity contribution is -0.148. The predicted molar refractivity (Wildman–Crippen MR) is 72.1 cm³/mol. The highest BCUT2D eigenvalue weighted by molar-refractivity contribution is 9.10. The van der Waals surface area contributed by atoms with Crippen LogP contribution >= 0.6 is 15.9 Å². The second kappa shape index (κ2) is 5.71. The number of carboxylic acid groups (broad SMARTS) is 1. The minimum Gasteiger partial charge on any atom is -0.479 e. The van der Waals surface area contributed by atoms with Gasteiger partial charge in [0.25, 0.3) is 5.91 Å². The summed E-state index contributed by atoms with van der Waals surface area (Å²) in [5.41, 5.74) is 1.53. The van der Waals surface area contributed by atoms with Gasteiger partial charge in [0.2, 0.25) is 0 Å². The molecule has 1 aliphatic heterocycles. The molecule has 5 nitrogen and oxygen atoms in total. The van der Waals surface area contributed by atoms with Crippen LogP contribution in [-0.2, 0) is 9.53 Å². The van der Waals surface area contributed by atoms with Crippen LogP contribution in [0.3, 0.4) is 0 Å². The molecule has 1 saturated heterocycles. The van der Waals surface area contributed by atoms with Crippen molar-refractivity contribution in [1.82, 2.24) is 5.32 Å². The van der Waals surface area contributed by atoms with Gasteiger partial charge in [0.15, 0.2) is 6.10 Å². The first-order valence-corrected chi connectivity index (χ1v) is 6.70. The molecule has 1 heterocycles. The molecular weight excluding hydrogens is 314 g/mol. The van der Waals surface area contributed by atoms with E-state index in [1.54, 1.807) is 6.07 Å². The SMILES string of the molecule is Cc1ccc(C(=O)N[C@@H]2CCO[C@@H]2C(=O)O)c(Br)c1. The zero-order chi connectivity index (χ0) is 14.0. The van der Waals surface area contributed by atoms with Crippen molar-refractivity contribution in [2.24, 2.45) is 0 Å². The molecule has 0 saturated carbocycles. The average Bonchev–Trinajstić information content (AvgIpc) is 2.76. The number of benzene rings is 1. The highest BCUT2D eigenvalue weighted by Crippen LogP contribution is 2.20. The van der Waals surface area contributed by atoms with E-state index in [0.717, 1.165) is 5.56 Å². The Bertz CT molecular complexity index is 517. The van der Waals surface area contributed by atoms with Gasteiger partial charge >= 0.3 is 5.97 Å². The zero-order valence-electron chi connectivity index (χ0n) is 10.4. The summed E-state index contributed by atoms with van der Waals surface area (Å²) in [4.78, 5) is 23.1. The third-order valence-corrected chi connectivity index (χ3v) is 3.68. The number of aliphatic carboxylic acids is 1. The maximum atomic E-state index is 12.1. The maximum absolute atomic E-state index is 12.1. The molecule has 0 spiro atoms. The number of carbonyl (C=O) groups is 2. The number of aryl methyl sites for hydroxylation is 1. The summed E-state index contributed by atoms with van der Waals surface area (Å²) < 4.78 is 5.78. The first-order chi connectivity index (χ1) is 8.99. The fourth-order valence-electron chi connectivity index (χ4n) is 2.03. The lowest BCUT2D eigenvalue weighted by atomic mass is 10.1. The Hall–Kier alpha value is -1.40. The molecule has 1 aromatic carbocycles. The second-order valence-electron chi connectivity index (χ2n) is 4.48. The Balaban J connectivity index is 2.10. The lowest BCUT2D eigenvalue weighted by Crippen LogP contribution is -2.44. The van der Waals surface area contributed by atoms with Gasteiger partial charge in [0.1, 0.15) is 0 Å². The molecule has 1 aliphatic rings. The molecule has 2 atom stereocenters. The Morgan fingerprint density at radius 1 is 1.47 bits per heavy atom. The van der Waals surface area contributed by atoms with Crippen molar-refractivity contribution in [2.45, 2.75) is 25.5 Å². The van der Waals surface area contributed by atoms with Gasteiger partial charge in [-0.25, -0.2) is 4.79 Å². The number of hydrogen-bond donors (Lipinski definition) is 2. The van der Waals surface area contributed by atoms with Crippen LogP contribution in [0.15, 0.2) is 22.7 Å². The third-order valence-electron chi connectivity index (χ3n) is 3.02.